The Kier molecular flexibility index (Phi) is 5.80. The summed E-state index contributed by atoms with van der Waals surface area (Å²) in [5.74, 6) is 4.79. The van der Waals surface area contributed by atoms with Crippen molar-refractivity contribution in [2.45, 2.75) is 19.8 Å². The van der Waals surface area contributed by atoms with Crippen molar-refractivity contribution in [3.8, 4) is 11.8 Å². The van der Waals surface area contributed by atoms with E-state index in [1.54, 1.807) is 0 Å². The molecule has 0 aromatic heterocycles. The molecule has 1 aromatic carbocycles. The van der Waals surface area contributed by atoms with E-state index in [1.807, 2.05) is 6.92 Å². The molecule has 104 valence electrons. The molecule has 3 N–H and O–H groups in total. The lowest BCUT2D eigenvalue weighted by molar-refractivity contribution is 0.597. The molecule has 19 heavy (non-hydrogen) atoms. The molecule has 0 unspecified atom stereocenters. The van der Waals surface area contributed by atoms with Crippen LogP contribution in [-0.2, 0) is 10.0 Å². The van der Waals surface area contributed by atoms with E-state index in [0.717, 1.165) is 6.42 Å². The number of nitrogens with one attached hydrogen (secondary N) is 1. The highest BCUT2D eigenvalue weighted by Gasteiger charge is 2.12. The van der Waals surface area contributed by atoms with Gasteiger partial charge >= 0.3 is 0 Å². The zero-order chi connectivity index (χ0) is 14.3. The van der Waals surface area contributed by atoms with E-state index in [1.165, 1.54) is 18.2 Å². The van der Waals surface area contributed by atoms with Crippen molar-refractivity contribution in [3.05, 3.63) is 29.6 Å². The Morgan fingerprint density at radius 1 is 1.42 bits per heavy atom. The summed E-state index contributed by atoms with van der Waals surface area (Å²) in [6.07, 6.45) is 1.35. The summed E-state index contributed by atoms with van der Waals surface area (Å²) in [5, 5.41) is 0. The Morgan fingerprint density at radius 2 is 2.16 bits per heavy atom. The smallest absolute Gasteiger partial charge is 0.232 e. The second-order valence-corrected chi connectivity index (χ2v) is 5.81. The zero-order valence-corrected chi connectivity index (χ0v) is 11.6. The van der Waals surface area contributed by atoms with Crippen LogP contribution in [0, 0.1) is 17.7 Å². The molecule has 0 radical (unpaired) electrons. The molecule has 0 saturated heterocycles. The molecule has 0 bridgehead atoms. The molecule has 0 spiro atoms. The van der Waals surface area contributed by atoms with Gasteiger partial charge in [0.1, 0.15) is 5.82 Å². The first-order valence-corrected chi connectivity index (χ1v) is 7.62. The third-order valence-electron chi connectivity index (χ3n) is 2.34. The van der Waals surface area contributed by atoms with E-state index in [-0.39, 0.29) is 23.5 Å². The van der Waals surface area contributed by atoms with Gasteiger partial charge in [0.25, 0.3) is 0 Å². The molecular formula is C13H17FN2O2S. The van der Waals surface area contributed by atoms with Gasteiger partial charge in [0, 0.05) is 0 Å². The van der Waals surface area contributed by atoms with Crippen molar-refractivity contribution >= 4 is 15.7 Å². The first-order valence-electron chi connectivity index (χ1n) is 5.97. The van der Waals surface area contributed by atoms with Crippen LogP contribution in [0.2, 0.25) is 0 Å². The van der Waals surface area contributed by atoms with E-state index in [4.69, 9.17) is 5.73 Å². The molecule has 1 rings (SSSR count). The van der Waals surface area contributed by atoms with Gasteiger partial charge in [-0.3, -0.25) is 4.72 Å². The molecule has 0 fully saturated rings. The van der Waals surface area contributed by atoms with Crippen LogP contribution in [-0.4, -0.2) is 20.7 Å². The van der Waals surface area contributed by atoms with Gasteiger partial charge in [0.05, 0.1) is 23.5 Å². The van der Waals surface area contributed by atoms with Gasteiger partial charge in [-0.25, -0.2) is 12.8 Å². The van der Waals surface area contributed by atoms with Crippen LogP contribution in [0.1, 0.15) is 25.3 Å². The number of hydrogen-bond acceptors (Lipinski definition) is 3. The lowest BCUT2D eigenvalue weighted by Gasteiger charge is -2.09. The van der Waals surface area contributed by atoms with Crippen molar-refractivity contribution in [1.82, 2.24) is 0 Å². The Hall–Kier alpha value is -1.58. The highest BCUT2D eigenvalue weighted by Crippen LogP contribution is 2.18. The summed E-state index contributed by atoms with van der Waals surface area (Å²) in [6.45, 7) is 2.03. The molecular weight excluding hydrogens is 267 g/mol. The number of sulfonamides is 1. The fraction of sp³-hybridized carbons (Fsp3) is 0.385. The Balaban J connectivity index is 3.00. The zero-order valence-electron chi connectivity index (χ0n) is 10.7. The Morgan fingerprint density at radius 3 is 2.79 bits per heavy atom. The molecule has 0 saturated carbocycles. The summed E-state index contributed by atoms with van der Waals surface area (Å²) in [4.78, 5) is 0. The molecule has 6 heteroatoms. The number of unbranched alkanes of at least 4 members (excludes halogenated alkanes) is 1. The van der Waals surface area contributed by atoms with Gasteiger partial charge in [-0.2, -0.15) is 0 Å². The van der Waals surface area contributed by atoms with Crippen molar-refractivity contribution in [3.63, 3.8) is 0 Å². The maximum atomic E-state index is 13.1. The lowest BCUT2D eigenvalue weighted by Crippen LogP contribution is -2.17. The van der Waals surface area contributed by atoms with Gasteiger partial charge in [-0.05, 0) is 24.6 Å². The Labute approximate surface area is 113 Å². The van der Waals surface area contributed by atoms with Crippen molar-refractivity contribution in [2.75, 3.05) is 17.0 Å². The largest absolute Gasteiger partial charge is 0.320 e. The highest BCUT2D eigenvalue weighted by atomic mass is 32.2. The monoisotopic (exact) mass is 284 g/mol. The second kappa shape index (κ2) is 7.12. The fourth-order valence-electron chi connectivity index (χ4n) is 1.41. The number of hydrogen-bond donors (Lipinski definition) is 2. The summed E-state index contributed by atoms with van der Waals surface area (Å²) < 4.78 is 39.1. The fourth-order valence-corrected chi connectivity index (χ4v) is 2.69. The molecule has 0 aliphatic carbocycles. The molecule has 0 aliphatic rings. The Bertz CT molecular complexity index is 588. The summed E-state index contributed by atoms with van der Waals surface area (Å²) in [6, 6.07) is 3.73. The van der Waals surface area contributed by atoms with Gasteiger partial charge in [-0.1, -0.05) is 25.2 Å². The number of anilines is 1. The van der Waals surface area contributed by atoms with E-state index in [9.17, 15) is 12.8 Å². The number of benzene rings is 1. The maximum absolute atomic E-state index is 13.1. The predicted octanol–water partition coefficient (Wildman–Crippen LogP) is 1.68. The van der Waals surface area contributed by atoms with Crippen LogP contribution in [0.3, 0.4) is 0 Å². The highest BCUT2D eigenvalue weighted by molar-refractivity contribution is 7.92. The topological polar surface area (TPSA) is 72.2 Å². The number of rotatable bonds is 5. The molecule has 4 nitrogen and oxygen atoms in total. The minimum atomic E-state index is -3.43. The maximum Gasteiger partial charge on any atom is 0.232 e. The van der Waals surface area contributed by atoms with Crippen LogP contribution in [0.4, 0.5) is 10.1 Å². The van der Waals surface area contributed by atoms with Crippen molar-refractivity contribution in [1.29, 1.82) is 0 Å². The van der Waals surface area contributed by atoms with E-state index < -0.39 is 15.8 Å². The van der Waals surface area contributed by atoms with Crippen LogP contribution in [0.5, 0.6) is 0 Å². The third kappa shape index (κ3) is 5.28. The number of halogens is 1. The minimum absolute atomic E-state index is 0.0324. The van der Waals surface area contributed by atoms with Crippen LogP contribution in [0.15, 0.2) is 18.2 Å². The molecule has 0 heterocycles. The molecule has 0 amide bonds. The third-order valence-corrected chi connectivity index (χ3v) is 3.70. The molecule has 1 aromatic rings. The first kappa shape index (κ1) is 15.5. The predicted molar refractivity (Wildman–Crippen MR) is 74.6 cm³/mol. The second-order valence-electron chi connectivity index (χ2n) is 3.97. The molecule has 0 atom stereocenters. The minimum Gasteiger partial charge on any atom is -0.320 e. The SMILES string of the molecule is CCCCS(=O)(=O)Nc1ccc(F)cc1C#CCN. The summed E-state index contributed by atoms with van der Waals surface area (Å²) in [7, 11) is -3.43. The molecule has 0 aliphatic heterocycles. The summed E-state index contributed by atoms with van der Waals surface area (Å²) >= 11 is 0. The average molecular weight is 284 g/mol. The van der Waals surface area contributed by atoms with E-state index in [2.05, 4.69) is 16.6 Å². The standard InChI is InChI=1S/C13H17FN2O2S/c1-2-3-9-19(17,18)16-13-7-6-12(14)10-11(13)5-4-8-15/h6-7,10,16H,2-3,8-9,15H2,1H3. The van der Waals surface area contributed by atoms with E-state index >= 15 is 0 Å². The number of nitrogens with two attached hydrogens (primary N) is 1. The average Bonchev–Trinajstić information content (AvgIpc) is 2.36. The van der Waals surface area contributed by atoms with Crippen molar-refractivity contribution in [2.24, 2.45) is 5.73 Å². The van der Waals surface area contributed by atoms with Gasteiger partial charge < -0.3 is 5.73 Å². The van der Waals surface area contributed by atoms with Gasteiger partial charge in [0.2, 0.25) is 10.0 Å². The van der Waals surface area contributed by atoms with E-state index in [0.29, 0.717) is 6.42 Å². The van der Waals surface area contributed by atoms with Crippen LogP contribution in [0.25, 0.3) is 0 Å². The van der Waals surface area contributed by atoms with Gasteiger partial charge in [0.15, 0.2) is 0 Å². The summed E-state index contributed by atoms with van der Waals surface area (Å²) in [5.41, 5.74) is 5.81. The first-order chi connectivity index (χ1) is 8.98. The van der Waals surface area contributed by atoms with Gasteiger partial charge in [-0.15, -0.1) is 0 Å². The van der Waals surface area contributed by atoms with Crippen LogP contribution < -0.4 is 10.5 Å². The quantitative estimate of drug-likeness (QED) is 0.808. The van der Waals surface area contributed by atoms with Crippen molar-refractivity contribution < 1.29 is 12.8 Å². The normalized spacial score (nSPS) is 10.7. The van der Waals surface area contributed by atoms with Crippen LogP contribution >= 0.6 is 0 Å². The lowest BCUT2D eigenvalue weighted by atomic mass is 10.2.